The van der Waals surface area contributed by atoms with Crippen LogP contribution in [-0.2, 0) is 6.54 Å². The second-order valence-electron chi connectivity index (χ2n) is 7.57. The molecule has 1 saturated heterocycles. The fraction of sp³-hybridized carbons (Fsp3) is 0.474. The Hall–Kier alpha value is -2.90. The number of amides is 1. The maximum absolute atomic E-state index is 12.9. The molecule has 1 N–H and O–H groups in total. The smallest absolute Gasteiger partial charge is 0.261 e. The van der Waals surface area contributed by atoms with E-state index in [9.17, 15) is 4.79 Å². The number of hydrogen-bond acceptors (Lipinski definition) is 5. The number of nitrogens with zero attached hydrogens (tertiary/aromatic N) is 6. The standard InChI is InChI=1S/C19H25N7O/c1-13(2)11-24-12-16(18(23-24)25-8-4-6-14(25)3)22-19(27)15-10-21-26-9-5-7-20-17(15)26/h5,7,9-10,12-14H,4,6,8,11H2,1-3H3,(H,22,27). The van der Waals surface area contributed by atoms with E-state index in [0.29, 0.717) is 23.2 Å². The van der Waals surface area contributed by atoms with Gasteiger partial charge in [-0.3, -0.25) is 9.48 Å². The molecule has 1 aliphatic rings. The number of hydrogen-bond donors (Lipinski definition) is 1. The van der Waals surface area contributed by atoms with Crippen molar-refractivity contribution in [3.63, 3.8) is 0 Å². The Balaban J connectivity index is 1.65. The van der Waals surface area contributed by atoms with Gasteiger partial charge in [-0.05, 0) is 31.7 Å². The van der Waals surface area contributed by atoms with E-state index in [1.807, 2.05) is 10.9 Å². The average Bonchev–Trinajstić information content (AvgIpc) is 3.32. The molecule has 0 radical (unpaired) electrons. The third-order valence-electron chi connectivity index (χ3n) is 4.89. The van der Waals surface area contributed by atoms with Crippen LogP contribution in [0, 0.1) is 5.92 Å². The molecule has 0 saturated carbocycles. The van der Waals surface area contributed by atoms with Crippen molar-refractivity contribution < 1.29 is 4.79 Å². The van der Waals surface area contributed by atoms with Crippen LogP contribution in [0.3, 0.4) is 0 Å². The number of carbonyl (C=O) groups is 1. The predicted octanol–water partition coefficient (Wildman–Crippen LogP) is 2.82. The minimum absolute atomic E-state index is 0.221. The van der Waals surface area contributed by atoms with Gasteiger partial charge in [0.2, 0.25) is 0 Å². The van der Waals surface area contributed by atoms with Crippen LogP contribution in [0.25, 0.3) is 5.65 Å². The lowest BCUT2D eigenvalue weighted by Crippen LogP contribution is -2.28. The molecule has 0 bridgehead atoms. The maximum atomic E-state index is 12.9. The molecule has 27 heavy (non-hydrogen) atoms. The third-order valence-corrected chi connectivity index (χ3v) is 4.89. The predicted molar refractivity (Wildman–Crippen MR) is 104 cm³/mol. The highest BCUT2D eigenvalue weighted by atomic mass is 16.1. The third kappa shape index (κ3) is 3.39. The van der Waals surface area contributed by atoms with E-state index in [4.69, 9.17) is 5.10 Å². The first kappa shape index (κ1) is 17.5. The zero-order chi connectivity index (χ0) is 19.0. The molecule has 1 fully saturated rings. The lowest BCUT2D eigenvalue weighted by Gasteiger charge is -2.22. The Labute approximate surface area is 158 Å². The van der Waals surface area contributed by atoms with E-state index in [1.165, 1.54) is 0 Å². The summed E-state index contributed by atoms with van der Waals surface area (Å²) >= 11 is 0. The highest BCUT2D eigenvalue weighted by Crippen LogP contribution is 2.31. The van der Waals surface area contributed by atoms with E-state index < -0.39 is 0 Å². The molecule has 8 heteroatoms. The molecule has 1 atom stereocenters. The van der Waals surface area contributed by atoms with Crippen molar-refractivity contribution in [2.75, 3.05) is 16.8 Å². The number of fused-ring (bicyclic) bond motifs is 1. The van der Waals surface area contributed by atoms with Crippen molar-refractivity contribution in [2.24, 2.45) is 5.92 Å². The average molecular weight is 367 g/mol. The largest absolute Gasteiger partial charge is 0.351 e. The fourth-order valence-electron chi connectivity index (χ4n) is 3.60. The molecule has 1 aliphatic heterocycles. The number of aromatic nitrogens is 5. The van der Waals surface area contributed by atoms with Gasteiger partial charge in [0.05, 0.1) is 12.4 Å². The zero-order valence-corrected chi connectivity index (χ0v) is 16.0. The van der Waals surface area contributed by atoms with E-state index in [0.717, 1.165) is 37.4 Å². The van der Waals surface area contributed by atoms with Crippen molar-refractivity contribution in [2.45, 2.75) is 46.2 Å². The van der Waals surface area contributed by atoms with Crippen molar-refractivity contribution in [1.82, 2.24) is 24.4 Å². The van der Waals surface area contributed by atoms with Gasteiger partial charge in [-0.2, -0.15) is 10.2 Å². The lowest BCUT2D eigenvalue weighted by atomic mass is 10.2. The van der Waals surface area contributed by atoms with Gasteiger partial charge in [-0.25, -0.2) is 9.50 Å². The summed E-state index contributed by atoms with van der Waals surface area (Å²) in [5, 5.41) is 12.0. The summed E-state index contributed by atoms with van der Waals surface area (Å²) in [6.07, 6.45) is 9.20. The molecule has 1 amide bonds. The Morgan fingerprint density at radius 2 is 2.26 bits per heavy atom. The summed E-state index contributed by atoms with van der Waals surface area (Å²) in [6.45, 7) is 8.28. The molecule has 4 rings (SSSR count). The first-order valence-corrected chi connectivity index (χ1v) is 9.46. The van der Waals surface area contributed by atoms with Crippen LogP contribution in [-0.4, -0.2) is 42.9 Å². The summed E-state index contributed by atoms with van der Waals surface area (Å²) in [4.78, 5) is 19.5. The lowest BCUT2D eigenvalue weighted by molar-refractivity contribution is 0.102. The van der Waals surface area contributed by atoms with Crippen LogP contribution in [0.2, 0.25) is 0 Å². The molecule has 0 spiro atoms. The quantitative estimate of drug-likeness (QED) is 0.750. The molecule has 8 nitrogen and oxygen atoms in total. The van der Waals surface area contributed by atoms with Crippen molar-refractivity contribution in [3.8, 4) is 0 Å². The van der Waals surface area contributed by atoms with Gasteiger partial charge in [0.15, 0.2) is 11.5 Å². The van der Waals surface area contributed by atoms with E-state index >= 15 is 0 Å². The second kappa shape index (κ2) is 7.02. The molecule has 142 valence electrons. The summed E-state index contributed by atoms with van der Waals surface area (Å²) in [5.74, 6) is 1.10. The van der Waals surface area contributed by atoms with Crippen LogP contribution >= 0.6 is 0 Å². The minimum Gasteiger partial charge on any atom is -0.351 e. The van der Waals surface area contributed by atoms with Gasteiger partial charge in [-0.15, -0.1) is 0 Å². The van der Waals surface area contributed by atoms with Crippen LogP contribution in [0.5, 0.6) is 0 Å². The topological polar surface area (TPSA) is 80.3 Å². The van der Waals surface area contributed by atoms with Crippen molar-refractivity contribution in [3.05, 3.63) is 36.4 Å². The van der Waals surface area contributed by atoms with E-state index in [2.05, 4.69) is 41.1 Å². The summed E-state index contributed by atoms with van der Waals surface area (Å²) in [5.41, 5.74) is 1.73. The van der Waals surface area contributed by atoms with Gasteiger partial charge in [0, 0.05) is 31.5 Å². The first-order chi connectivity index (χ1) is 13.0. The van der Waals surface area contributed by atoms with Gasteiger partial charge < -0.3 is 10.2 Å². The Morgan fingerprint density at radius 3 is 3.00 bits per heavy atom. The molecular weight excluding hydrogens is 342 g/mol. The van der Waals surface area contributed by atoms with Crippen LogP contribution in [0.4, 0.5) is 11.5 Å². The van der Waals surface area contributed by atoms with Crippen LogP contribution < -0.4 is 10.2 Å². The maximum Gasteiger partial charge on any atom is 0.261 e. The van der Waals surface area contributed by atoms with Crippen molar-refractivity contribution >= 4 is 23.1 Å². The normalized spacial score (nSPS) is 17.2. The van der Waals surface area contributed by atoms with Gasteiger partial charge in [0.25, 0.3) is 5.91 Å². The molecule has 4 heterocycles. The molecule has 0 aromatic carbocycles. The number of rotatable bonds is 5. The highest BCUT2D eigenvalue weighted by molar-refractivity contribution is 6.09. The van der Waals surface area contributed by atoms with Gasteiger partial charge in [-0.1, -0.05) is 13.8 Å². The summed E-state index contributed by atoms with van der Waals surface area (Å²) in [7, 11) is 0. The Morgan fingerprint density at radius 1 is 1.41 bits per heavy atom. The highest BCUT2D eigenvalue weighted by Gasteiger charge is 2.27. The summed E-state index contributed by atoms with van der Waals surface area (Å²) < 4.78 is 3.52. The SMILES string of the molecule is CC(C)Cn1cc(NC(=O)c2cnn3cccnc23)c(N2CCCC2C)n1. The minimum atomic E-state index is -0.221. The fourth-order valence-corrected chi connectivity index (χ4v) is 3.60. The molecule has 3 aromatic rings. The van der Waals surface area contributed by atoms with Gasteiger partial charge >= 0.3 is 0 Å². The molecule has 0 aliphatic carbocycles. The van der Waals surface area contributed by atoms with E-state index in [-0.39, 0.29) is 5.91 Å². The number of anilines is 2. The molecule has 1 unspecified atom stereocenters. The first-order valence-electron chi connectivity index (χ1n) is 9.46. The van der Waals surface area contributed by atoms with Gasteiger partial charge in [0.1, 0.15) is 11.3 Å². The molecular formula is C19H25N7O. The second-order valence-corrected chi connectivity index (χ2v) is 7.57. The Kier molecular flexibility index (Phi) is 4.55. The Bertz CT molecular complexity index is 958. The summed E-state index contributed by atoms with van der Waals surface area (Å²) in [6, 6.07) is 2.20. The van der Waals surface area contributed by atoms with Crippen molar-refractivity contribution in [1.29, 1.82) is 0 Å². The molecule has 3 aromatic heterocycles. The number of nitrogens with one attached hydrogen (secondary N) is 1. The monoisotopic (exact) mass is 367 g/mol. The van der Waals surface area contributed by atoms with Crippen LogP contribution in [0.1, 0.15) is 44.0 Å². The zero-order valence-electron chi connectivity index (χ0n) is 16.0. The van der Waals surface area contributed by atoms with Crippen LogP contribution in [0.15, 0.2) is 30.9 Å². The van der Waals surface area contributed by atoms with E-state index in [1.54, 1.807) is 29.2 Å². The number of carbonyl (C=O) groups excluding carboxylic acids is 1.